The number of aryl methyl sites for hydroxylation is 2. The SMILES string of the molecule is Cc1ccc(N(C)CC2CCCCCC2O)c(C)c1. The predicted octanol–water partition coefficient (Wildman–Crippen LogP) is 3.68. The Morgan fingerprint density at radius 3 is 2.63 bits per heavy atom. The van der Waals surface area contributed by atoms with Gasteiger partial charge in [-0.2, -0.15) is 0 Å². The molecule has 2 heteroatoms. The number of anilines is 1. The van der Waals surface area contributed by atoms with Crippen LogP contribution in [-0.4, -0.2) is 24.8 Å². The lowest BCUT2D eigenvalue weighted by atomic mass is 9.96. The molecule has 1 aliphatic rings. The van der Waals surface area contributed by atoms with E-state index >= 15 is 0 Å². The molecule has 106 valence electrons. The van der Waals surface area contributed by atoms with E-state index in [9.17, 15) is 5.11 Å². The molecular weight excluding hydrogens is 234 g/mol. The van der Waals surface area contributed by atoms with E-state index in [1.165, 1.54) is 36.1 Å². The summed E-state index contributed by atoms with van der Waals surface area (Å²) in [4.78, 5) is 2.31. The van der Waals surface area contributed by atoms with Crippen LogP contribution in [0.2, 0.25) is 0 Å². The number of benzene rings is 1. The molecule has 1 aromatic carbocycles. The number of aliphatic hydroxyl groups excluding tert-OH is 1. The molecule has 19 heavy (non-hydrogen) atoms. The topological polar surface area (TPSA) is 23.5 Å². The minimum Gasteiger partial charge on any atom is -0.393 e. The van der Waals surface area contributed by atoms with Crippen molar-refractivity contribution in [1.29, 1.82) is 0 Å². The first kappa shape index (κ1) is 14.4. The van der Waals surface area contributed by atoms with Crippen LogP contribution in [0, 0.1) is 19.8 Å². The number of rotatable bonds is 3. The molecule has 1 N–H and O–H groups in total. The van der Waals surface area contributed by atoms with E-state index in [0.717, 1.165) is 19.4 Å². The average Bonchev–Trinajstić information content (AvgIpc) is 2.55. The van der Waals surface area contributed by atoms with Gasteiger partial charge in [-0.05, 0) is 38.3 Å². The van der Waals surface area contributed by atoms with E-state index in [0.29, 0.717) is 5.92 Å². The summed E-state index contributed by atoms with van der Waals surface area (Å²) in [6.45, 7) is 5.26. The van der Waals surface area contributed by atoms with Crippen LogP contribution in [0.5, 0.6) is 0 Å². The molecule has 0 bridgehead atoms. The molecule has 0 heterocycles. The maximum absolute atomic E-state index is 10.2. The zero-order valence-corrected chi connectivity index (χ0v) is 12.5. The monoisotopic (exact) mass is 261 g/mol. The quantitative estimate of drug-likeness (QED) is 0.839. The van der Waals surface area contributed by atoms with Crippen molar-refractivity contribution in [2.75, 3.05) is 18.5 Å². The Hall–Kier alpha value is -1.02. The second kappa shape index (κ2) is 6.42. The summed E-state index contributed by atoms with van der Waals surface area (Å²) in [7, 11) is 2.15. The Kier molecular flexibility index (Phi) is 4.87. The zero-order valence-electron chi connectivity index (χ0n) is 12.5. The van der Waals surface area contributed by atoms with Gasteiger partial charge < -0.3 is 10.0 Å². The Labute approximate surface area is 117 Å². The lowest BCUT2D eigenvalue weighted by Crippen LogP contribution is -2.32. The molecule has 2 unspecified atom stereocenters. The Balaban J connectivity index is 2.04. The lowest BCUT2D eigenvalue weighted by Gasteiger charge is -2.29. The highest BCUT2D eigenvalue weighted by atomic mass is 16.3. The van der Waals surface area contributed by atoms with Gasteiger partial charge in [0.1, 0.15) is 0 Å². The van der Waals surface area contributed by atoms with Crippen molar-refractivity contribution < 1.29 is 5.11 Å². The van der Waals surface area contributed by atoms with Crippen LogP contribution in [0.25, 0.3) is 0 Å². The highest BCUT2D eigenvalue weighted by Crippen LogP contribution is 2.27. The molecule has 0 spiro atoms. The number of hydrogen-bond donors (Lipinski definition) is 1. The molecule has 0 radical (unpaired) electrons. The van der Waals surface area contributed by atoms with Crippen LogP contribution in [0.4, 0.5) is 5.69 Å². The van der Waals surface area contributed by atoms with Gasteiger partial charge in [0.15, 0.2) is 0 Å². The Morgan fingerprint density at radius 1 is 1.16 bits per heavy atom. The highest BCUT2D eigenvalue weighted by Gasteiger charge is 2.23. The molecule has 0 aromatic heterocycles. The van der Waals surface area contributed by atoms with Crippen molar-refractivity contribution >= 4 is 5.69 Å². The van der Waals surface area contributed by atoms with E-state index in [1.54, 1.807) is 0 Å². The fourth-order valence-electron chi connectivity index (χ4n) is 3.26. The second-order valence-corrected chi connectivity index (χ2v) is 6.14. The van der Waals surface area contributed by atoms with E-state index < -0.39 is 0 Å². The van der Waals surface area contributed by atoms with Crippen molar-refractivity contribution in [1.82, 2.24) is 0 Å². The summed E-state index contributed by atoms with van der Waals surface area (Å²) >= 11 is 0. The van der Waals surface area contributed by atoms with Crippen molar-refractivity contribution in [3.8, 4) is 0 Å². The Morgan fingerprint density at radius 2 is 1.89 bits per heavy atom. The van der Waals surface area contributed by atoms with Crippen LogP contribution in [0.3, 0.4) is 0 Å². The molecule has 1 aliphatic carbocycles. The van der Waals surface area contributed by atoms with Gasteiger partial charge in [0.25, 0.3) is 0 Å². The average molecular weight is 261 g/mol. The zero-order chi connectivity index (χ0) is 13.8. The summed E-state index contributed by atoms with van der Waals surface area (Å²) in [6, 6.07) is 6.60. The van der Waals surface area contributed by atoms with Crippen LogP contribution in [-0.2, 0) is 0 Å². The largest absolute Gasteiger partial charge is 0.393 e. The van der Waals surface area contributed by atoms with Gasteiger partial charge in [-0.25, -0.2) is 0 Å². The third-order valence-electron chi connectivity index (χ3n) is 4.39. The molecule has 0 saturated heterocycles. The minimum absolute atomic E-state index is 0.115. The van der Waals surface area contributed by atoms with E-state index in [-0.39, 0.29) is 6.10 Å². The first-order chi connectivity index (χ1) is 9.08. The molecule has 2 atom stereocenters. The first-order valence-electron chi connectivity index (χ1n) is 7.54. The fourth-order valence-corrected chi connectivity index (χ4v) is 3.26. The van der Waals surface area contributed by atoms with Gasteiger partial charge in [0.05, 0.1) is 6.10 Å². The van der Waals surface area contributed by atoms with Crippen LogP contribution < -0.4 is 4.90 Å². The summed E-state index contributed by atoms with van der Waals surface area (Å²) in [5, 5.41) is 10.2. The molecular formula is C17H27NO. The maximum Gasteiger partial charge on any atom is 0.0585 e. The van der Waals surface area contributed by atoms with Gasteiger partial charge in [-0.15, -0.1) is 0 Å². The van der Waals surface area contributed by atoms with E-state index in [1.807, 2.05) is 0 Å². The smallest absolute Gasteiger partial charge is 0.0585 e. The standard InChI is InChI=1S/C17H27NO/c1-13-9-10-16(14(2)11-13)18(3)12-15-7-5-4-6-8-17(15)19/h9-11,15,17,19H,4-8,12H2,1-3H3. The van der Waals surface area contributed by atoms with Crippen LogP contribution >= 0.6 is 0 Å². The summed E-state index contributed by atoms with van der Waals surface area (Å²) < 4.78 is 0. The number of aliphatic hydroxyl groups is 1. The second-order valence-electron chi connectivity index (χ2n) is 6.14. The fraction of sp³-hybridized carbons (Fsp3) is 0.647. The predicted molar refractivity (Wildman–Crippen MR) is 81.8 cm³/mol. The van der Waals surface area contributed by atoms with Crippen LogP contribution in [0.15, 0.2) is 18.2 Å². The van der Waals surface area contributed by atoms with Gasteiger partial charge in [-0.3, -0.25) is 0 Å². The summed E-state index contributed by atoms with van der Waals surface area (Å²) in [6.07, 6.45) is 5.76. The molecule has 0 amide bonds. The van der Waals surface area contributed by atoms with Crippen LogP contribution in [0.1, 0.15) is 43.2 Å². The van der Waals surface area contributed by atoms with E-state index in [4.69, 9.17) is 0 Å². The van der Waals surface area contributed by atoms with E-state index in [2.05, 4.69) is 44.0 Å². The number of nitrogens with zero attached hydrogens (tertiary/aromatic N) is 1. The normalized spacial score (nSPS) is 24.0. The lowest BCUT2D eigenvalue weighted by molar-refractivity contribution is 0.104. The molecule has 1 aromatic rings. The van der Waals surface area contributed by atoms with Gasteiger partial charge >= 0.3 is 0 Å². The van der Waals surface area contributed by atoms with Gasteiger partial charge in [0.2, 0.25) is 0 Å². The minimum atomic E-state index is -0.115. The first-order valence-corrected chi connectivity index (χ1v) is 7.54. The summed E-state index contributed by atoms with van der Waals surface area (Å²) in [5.74, 6) is 0.424. The summed E-state index contributed by atoms with van der Waals surface area (Å²) in [5.41, 5.74) is 3.93. The Bertz CT molecular complexity index is 416. The molecule has 1 saturated carbocycles. The third kappa shape index (κ3) is 3.73. The van der Waals surface area contributed by atoms with Gasteiger partial charge in [0, 0.05) is 25.2 Å². The van der Waals surface area contributed by atoms with Crippen molar-refractivity contribution in [2.24, 2.45) is 5.92 Å². The van der Waals surface area contributed by atoms with Crippen molar-refractivity contribution in [3.05, 3.63) is 29.3 Å². The highest BCUT2D eigenvalue weighted by molar-refractivity contribution is 5.53. The maximum atomic E-state index is 10.2. The van der Waals surface area contributed by atoms with Gasteiger partial charge in [-0.1, -0.05) is 37.0 Å². The third-order valence-corrected chi connectivity index (χ3v) is 4.39. The number of hydrogen-bond acceptors (Lipinski definition) is 2. The molecule has 0 aliphatic heterocycles. The van der Waals surface area contributed by atoms with Crippen molar-refractivity contribution in [3.63, 3.8) is 0 Å². The molecule has 2 rings (SSSR count). The molecule has 1 fully saturated rings. The van der Waals surface area contributed by atoms with Crippen molar-refractivity contribution in [2.45, 2.75) is 52.1 Å². The molecule has 2 nitrogen and oxygen atoms in total.